The highest BCUT2D eigenvalue weighted by atomic mass is 16.1. The Labute approximate surface area is 142 Å². The molecule has 0 radical (unpaired) electrons. The first-order valence-corrected chi connectivity index (χ1v) is 8.68. The van der Waals surface area contributed by atoms with Crippen LogP contribution in [0, 0.1) is 5.92 Å². The van der Waals surface area contributed by atoms with Crippen LogP contribution in [-0.2, 0) is 0 Å². The third-order valence-electron chi connectivity index (χ3n) is 4.63. The van der Waals surface area contributed by atoms with E-state index in [0.29, 0.717) is 5.56 Å². The molecule has 0 spiro atoms. The highest BCUT2D eigenvalue weighted by molar-refractivity contribution is 5.94. The Morgan fingerprint density at radius 1 is 1.25 bits per heavy atom. The molecule has 0 saturated carbocycles. The van der Waals surface area contributed by atoms with Crippen molar-refractivity contribution in [2.45, 2.75) is 26.2 Å². The lowest BCUT2D eigenvalue weighted by Gasteiger charge is -2.30. The maximum absolute atomic E-state index is 12.2. The number of benzene rings is 1. The van der Waals surface area contributed by atoms with Crippen molar-refractivity contribution in [3.63, 3.8) is 0 Å². The molecule has 1 aliphatic heterocycles. The number of rotatable bonds is 6. The SMILES string of the molecule is CC1CCN(CCCNC(=O)c2ccc(-n3cncn3)cc2)CC1. The summed E-state index contributed by atoms with van der Waals surface area (Å²) in [6.45, 7) is 6.50. The number of nitrogens with one attached hydrogen (secondary N) is 1. The monoisotopic (exact) mass is 327 g/mol. The summed E-state index contributed by atoms with van der Waals surface area (Å²) in [7, 11) is 0. The Morgan fingerprint density at radius 3 is 2.67 bits per heavy atom. The van der Waals surface area contributed by atoms with E-state index in [1.54, 1.807) is 11.0 Å². The predicted molar refractivity (Wildman–Crippen MR) is 93.1 cm³/mol. The number of nitrogens with zero attached hydrogens (tertiary/aromatic N) is 4. The lowest BCUT2D eigenvalue weighted by molar-refractivity contribution is 0.0950. The Balaban J connectivity index is 1.40. The number of hydrogen-bond acceptors (Lipinski definition) is 4. The summed E-state index contributed by atoms with van der Waals surface area (Å²) in [6, 6.07) is 7.38. The van der Waals surface area contributed by atoms with Gasteiger partial charge in [0.2, 0.25) is 0 Å². The van der Waals surface area contributed by atoms with Crippen LogP contribution in [0.15, 0.2) is 36.9 Å². The third kappa shape index (κ3) is 4.41. The predicted octanol–water partition coefficient (Wildman–Crippen LogP) is 2.12. The molecule has 128 valence electrons. The molecule has 6 heteroatoms. The number of hydrogen-bond donors (Lipinski definition) is 1. The van der Waals surface area contributed by atoms with Crippen molar-refractivity contribution in [1.29, 1.82) is 0 Å². The molecule has 0 aliphatic carbocycles. The molecule has 2 heterocycles. The Bertz CT molecular complexity index is 630. The van der Waals surface area contributed by atoms with Gasteiger partial charge < -0.3 is 10.2 Å². The Morgan fingerprint density at radius 2 is 2.00 bits per heavy atom. The standard InChI is InChI=1S/C18H25N5O/c1-15-7-11-22(12-8-15)10-2-9-20-18(24)16-3-5-17(6-4-16)23-14-19-13-21-23/h3-6,13-15H,2,7-12H2,1H3,(H,20,24). The molecule has 1 saturated heterocycles. The van der Waals surface area contributed by atoms with E-state index in [1.165, 1.54) is 32.3 Å². The number of carbonyl (C=O) groups excluding carboxylic acids is 1. The molecule has 0 atom stereocenters. The van der Waals surface area contributed by atoms with Gasteiger partial charge in [-0.15, -0.1) is 0 Å². The van der Waals surface area contributed by atoms with E-state index in [1.807, 2.05) is 24.3 Å². The van der Waals surface area contributed by atoms with E-state index in [-0.39, 0.29) is 5.91 Å². The highest BCUT2D eigenvalue weighted by Gasteiger charge is 2.15. The minimum absolute atomic E-state index is 0.0209. The average molecular weight is 327 g/mol. The zero-order chi connectivity index (χ0) is 16.8. The first-order valence-electron chi connectivity index (χ1n) is 8.68. The fourth-order valence-electron chi connectivity index (χ4n) is 3.00. The van der Waals surface area contributed by atoms with Crippen LogP contribution in [0.25, 0.3) is 5.69 Å². The molecular weight excluding hydrogens is 302 g/mol. The molecule has 1 aliphatic rings. The van der Waals surface area contributed by atoms with Gasteiger partial charge in [0, 0.05) is 12.1 Å². The van der Waals surface area contributed by atoms with E-state index >= 15 is 0 Å². The maximum Gasteiger partial charge on any atom is 0.251 e. The number of amides is 1. The van der Waals surface area contributed by atoms with Gasteiger partial charge in [-0.25, -0.2) is 9.67 Å². The molecule has 2 aromatic rings. The fraction of sp³-hybridized carbons (Fsp3) is 0.500. The van der Waals surface area contributed by atoms with Gasteiger partial charge in [-0.1, -0.05) is 6.92 Å². The molecule has 1 N–H and O–H groups in total. The van der Waals surface area contributed by atoms with Crippen molar-refractivity contribution in [2.24, 2.45) is 5.92 Å². The van der Waals surface area contributed by atoms with Gasteiger partial charge in [-0.3, -0.25) is 4.79 Å². The van der Waals surface area contributed by atoms with E-state index in [2.05, 4.69) is 27.2 Å². The average Bonchev–Trinajstić information content (AvgIpc) is 3.15. The fourth-order valence-corrected chi connectivity index (χ4v) is 3.00. The van der Waals surface area contributed by atoms with Crippen LogP contribution in [0.4, 0.5) is 0 Å². The van der Waals surface area contributed by atoms with Crippen LogP contribution in [0.5, 0.6) is 0 Å². The third-order valence-corrected chi connectivity index (χ3v) is 4.63. The molecule has 0 unspecified atom stereocenters. The Kier molecular flexibility index (Phi) is 5.59. The number of likely N-dealkylation sites (tertiary alicyclic amines) is 1. The number of aromatic nitrogens is 3. The van der Waals surface area contributed by atoms with Crippen molar-refractivity contribution in [2.75, 3.05) is 26.2 Å². The second-order valence-electron chi connectivity index (χ2n) is 6.52. The second-order valence-corrected chi connectivity index (χ2v) is 6.52. The summed E-state index contributed by atoms with van der Waals surface area (Å²) in [4.78, 5) is 18.6. The minimum atomic E-state index is -0.0209. The Hall–Kier alpha value is -2.21. The zero-order valence-electron chi connectivity index (χ0n) is 14.2. The van der Waals surface area contributed by atoms with Gasteiger partial charge in [0.15, 0.2) is 0 Å². The van der Waals surface area contributed by atoms with Gasteiger partial charge >= 0.3 is 0 Å². The van der Waals surface area contributed by atoms with Crippen LogP contribution < -0.4 is 5.32 Å². The van der Waals surface area contributed by atoms with Gasteiger partial charge in [-0.2, -0.15) is 5.10 Å². The topological polar surface area (TPSA) is 63.1 Å². The van der Waals surface area contributed by atoms with E-state index in [0.717, 1.165) is 31.1 Å². The second kappa shape index (κ2) is 8.06. The lowest BCUT2D eigenvalue weighted by atomic mass is 9.99. The summed E-state index contributed by atoms with van der Waals surface area (Å²) < 4.78 is 1.67. The zero-order valence-corrected chi connectivity index (χ0v) is 14.2. The van der Waals surface area contributed by atoms with Crippen LogP contribution in [-0.4, -0.2) is 51.8 Å². The minimum Gasteiger partial charge on any atom is -0.352 e. The molecule has 24 heavy (non-hydrogen) atoms. The number of piperidine rings is 1. The van der Waals surface area contributed by atoms with Crippen molar-refractivity contribution < 1.29 is 4.79 Å². The van der Waals surface area contributed by atoms with Crippen molar-refractivity contribution in [1.82, 2.24) is 25.0 Å². The van der Waals surface area contributed by atoms with Gasteiger partial charge in [0.25, 0.3) is 5.91 Å². The summed E-state index contributed by atoms with van der Waals surface area (Å²) in [5.74, 6) is 0.842. The van der Waals surface area contributed by atoms with Crippen molar-refractivity contribution >= 4 is 5.91 Å². The summed E-state index contributed by atoms with van der Waals surface area (Å²) >= 11 is 0. The van der Waals surface area contributed by atoms with Gasteiger partial charge in [-0.05, 0) is 69.1 Å². The smallest absolute Gasteiger partial charge is 0.251 e. The van der Waals surface area contributed by atoms with Gasteiger partial charge in [0.05, 0.1) is 5.69 Å². The van der Waals surface area contributed by atoms with Crippen molar-refractivity contribution in [3.05, 3.63) is 42.5 Å². The molecule has 1 aromatic heterocycles. The summed E-state index contributed by atoms with van der Waals surface area (Å²) in [5, 5.41) is 7.07. The quantitative estimate of drug-likeness (QED) is 0.826. The molecule has 1 fully saturated rings. The largest absolute Gasteiger partial charge is 0.352 e. The molecule has 1 aromatic carbocycles. The van der Waals surface area contributed by atoms with Crippen LogP contribution >= 0.6 is 0 Å². The summed E-state index contributed by atoms with van der Waals surface area (Å²) in [5.41, 5.74) is 1.56. The molecule has 1 amide bonds. The number of carbonyl (C=O) groups is 1. The molecule has 3 rings (SSSR count). The molecule has 6 nitrogen and oxygen atoms in total. The normalized spacial score (nSPS) is 16.2. The molecular formula is C18H25N5O. The van der Waals surface area contributed by atoms with Crippen LogP contribution in [0.1, 0.15) is 36.5 Å². The maximum atomic E-state index is 12.2. The first-order chi connectivity index (χ1) is 11.7. The van der Waals surface area contributed by atoms with Crippen LogP contribution in [0.3, 0.4) is 0 Å². The van der Waals surface area contributed by atoms with E-state index in [9.17, 15) is 4.79 Å². The van der Waals surface area contributed by atoms with E-state index < -0.39 is 0 Å². The lowest BCUT2D eigenvalue weighted by Crippen LogP contribution is -2.35. The first kappa shape index (κ1) is 16.6. The highest BCUT2D eigenvalue weighted by Crippen LogP contribution is 2.15. The van der Waals surface area contributed by atoms with Gasteiger partial charge in [0.1, 0.15) is 12.7 Å². The summed E-state index contributed by atoms with van der Waals surface area (Å²) in [6.07, 6.45) is 6.71. The molecule has 0 bridgehead atoms. The van der Waals surface area contributed by atoms with E-state index in [4.69, 9.17) is 0 Å². The van der Waals surface area contributed by atoms with Crippen LogP contribution in [0.2, 0.25) is 0 Å². The van der Waals surface area contributed by atoms with Crippen molar-refractivity contribution in [3.8, 4) is 5.69 Å².